The maximum atomic E-state index is 13.4. The van der Waals surface area contributed by atoms with Crippen molar-refractivity contribution >= 4 is 52.9 Å². The number of piperidine rings is 1. The quantitative estimate of drug-likeness (QED) is 0.0221. The van der Waals surface area contributed by atoms with Crippen molar-refractivity contribution in [2.24, 2.45) is 0 Å². The number of ether oxygens (including phenoxy) is 3. The average Bonchev–Trinajstić information content (AvgIpc) is 3.55. The van der Waals surface area contributed by atoms with Crippen LogP contribution >= 0.6 is 0 Å². The molecule has 3 aromatic carbocycles. The van der Waals surface area contributed by atoms with Crippen molar-refractivity contribution in [1.29, 1.82) is 5.41 Å². The van der Waals surface area contributed by atoms with Crippen LogP contribution in [-0.4, -0.2) is 121 Å². The maximum absolute atomic E-state index is 13.4. The van der Waals surface area contributed by atoms with Gasteiger partial charge >= 0.3 is 0 Å². The summed E-state index contributed by atoms with van der Waals surface area (Å²) in [6.07, 6.45) is 4.70. The second kappa shape index (κ2) is 22.2. The summed E-state index contributed by atoms with van der Waals surface area (Å²) in [4.78, 5) is 74.7. The second-order valence-electron chi connectivity index (χ2n) is 15.0. The molecule has 0 spiro atoms. The van der Waals surface area contributed by atoms with Crippen molar-refractivity contribution in [3.63, 3.8) is 0 Å². The van der Waals surface area contributed by atoms with Crippen LogP contribution in [0.1, 0.15) is 70.4 Å². The Hall–Kier alpha value is -6.98. The van der Waals surface area contributed by atoms with E-state index in [0.29, 0.717) is 105 Å². The van der Waals surface area contributed by atoms with E-state index in [1.807, 2.05) is 30.3 Å². The average molecular weight is 860 g/mol. The molecule has 63 heavy (non-hydrogen) atoms. The van der Waals surface area contributed by atoms with Crippen molar-refractivity contribution in [1.82, 2.24) is 25.1 Å². The van der Waals surface area contributed by atoms with Gasteiger partial charge < -0.3 is 45.6 Å². The number of rotatable bonds is 23. The van der Waals surface area contributed by atoms with Gasteiger partial charge in [-0.15, -0.1) is 0 Å². The second-order valence-corrected chi connectivity index (χ2v) is 15.0. The minimum absolute atomic E-state index is 0.0236. The minimum atomic E-state index is -1.10. The van der Waals surface area contributed by atoms with Gasteiger partial charge in [0.15, 0.2) is 0 Å². The fourth-order valence-electron chi connectivity index (χ4n) is 7.49. The Morgan fingerprint density at radius 2 is 1.71 bits per heavy atom. The number of benzene rings is 3. The Labute approximate surface area is 365 Å². The lowest BCUT2D eigenvalue weighted by Gasteiger charge is -2.34. The van der Waals surface area contributed by atoms with Gasteiger partial charge in [-0.25, -0.2) is 9.97 Å². The number of hydrogen-bond acceptors (Lipinski definition) is 14. The molecule has 17 nitrogen and oxygen atoms in total. The van der Waals surface area contributed by atoms with Crippen LogP contribution in [0.4, 0.5) is 17.3 Å². The topological polar surface area (TPSA) is 231 Å². The Kier molecular flexibility index (Phi) is 16.1. The monoisotopic (exact) mass is 859 g/mol. The largest absolute Gasteiger partial charge is 0.457 e. The molecule has 0 saturated carbocycles. The molecule has 1 fully saturated rings. The van der Waals surface area contributed by atoms with Gasteiger partial charge in [-0.05, 0) is 80.6 Å². The number of para-hydroxylation sites is 1. The number of nitrogens with two attached hydrogens (primary N) is 1. The van der Waals surface area contributed by atoms with Gasteiger partial charge in [0.05, 0.1) is 42.2 Å². The van der Waals surface area contributed by atoms with E-state index in [1.54, 1.807) is 41.3 Å². The molecule has 0 radical (unpaired) electrons. The lowest BCUT2D eigenvalue weighted by molar-refractivity contribution is -0.128. The predicted molar refractivity (Wildman–Crippen MR) is 237 cm³/mol. The maximum Gasteiger partial charge on any atom is 0.264 e. The molecule has 6 N–H and O–H groups in total. The van der Waals surface area contributed by atoms with Crippen LogP contribution in [0.15, 0.2) is 91.3 Å². The highest BCUT2D eigenvalue weighted by Crippen LogP contribution is 2.32. The van der Waals surface area contributed by atoms with Gasteiger partial charge in [0, 0.05) is 62.6 Å². The zero-order valence-electron chi connectivity index (χ0n) is 35.3. The number of likely N-dealkylation sites (tertiary alicyclic amines) is 1. The zero-order chi connectivity index (χ0) is 44.7. The molecular weight excluding hydrogens is 807 g/mol. The first-order valence-electron chi connectivity index (χ1n) is 20.9. The van der Waals surface area contributed by atoms with E-state index < -0.39 is 23.8 Å². The fourth-order valence-corrected chi connectivity index (χ4v) is 7.49. The first-order chi connectivity index (χ1) is 30.6. The van der Waals surface area contributed by atoms with Gasteiger partial charge in [-0.2, -0.15) is 0 Å². The van der Waals surface area contributed by atoms with E-state index in [-0.39, 0.29) is 47.4 Å². The number of likely N-dealkylation sites (N-methyl/N-ethyl adjacent to an activating group) is 1. The number of carbonyl (C=O) groups is 5. The molecule has 3 heterocycles. The highest BCUT2D eigenvalue weighted by Gasteiger charge is 2.43. The van der Waals surface area contributed by atoms with Gasteiger partial charge in [-0.3, -0.25) is 29.5 Å². The van der Waals surface area contributed by atoms with Crippen molar-refractivity contribution in [2.75, 3.05) is 69.5 Å². The molecule has 0 bridgehead atoms. The van der Waals surface area contributed by atoms with Crippen molar-refractivity contribution in [3.05, 3.63) is 114 Å². The summed E-state index contributed by atoms with van der Waals surface area (Å²) in [7, 11) is 1.41. The standard InChI is InChI=1S/C46H53N9O8/c1-30(10-9-24-61-26-27-62-25-21-50-36-15-6-14-35-38(36)46(60)55(45(35)59)37(16-8-23-56)43(57)49-2)44(58)54-22-7-11-32(28-54)53-42-39(41(48)51-29-52-42)40(47)31-17-19-34(20-18-31)63-33-12-4-3-5-13-33/h3-6,12-15,17-20,23,29,32,37,47,50H,1,7-11,16,21-22,24-28H2,2H3,(H,49,57)(H3,48,51,52,53). The van der Waals surface area contributed by atoms with E-state index in [2.05, 4.69) is 32.5 Å². The highest BCUT2D eigenvalue weighted by molar-refractivity contribution is 6.25. The summed E-state index contributed by atoms with van der Waals surface area (Å²) < 4.78 is 17.3. The number of amides is 4. The summed E-state index contributed by atoms with van der Waals surface area (Å²) in [6, 6.07) is 20.3. The third kappa shape index (κ3) is 11.5. The highest BCUT2D eigenvalue weighted by atomic mass is 16.5. The Morgan fingerprint density at radius 3 is 2.46 bits per heavy atom. The van der Waals surface area contributed by atoms with Crippen LogP contribution in [0.25, 0.3) is 0 Å². The molecule has 17 heteroatoms. The number of nitrogen functional groups attached to an aromatic ring is 1. The van der Waals surface area contributed by atoms with Gasteiger partial charge in [-0.1, -0.05) is 30.8 Å². The van der Waals surface area contributed by atoms with Crippen LogP contribution in [-0.2, 0) is 23.9 Å². The zero-order valence-corrected chi connectivity index (χ0v) is 35.3. The molecule has 6 rings (SSSR count). The third-order valence-corrected chi connectivity index (χ3v) is 10.7. The first kappa shape index (κ1) is 45.5. The molecule has 1 aromatic heterocycles. The van der Waals surface area contributed by atoms with Crippen LogP contribution in [0.3, 0.4) is 0 Å². The molecule has 2 atom stereocenters. The Morgan fingerprint density at radius 1 is 0.968 bits per heavy atom. The Bertz CT molecular complexity index is 2290. The van der Waals surface area contributed by atoms with E-state index >= 15 is 0 Å². The molecule has 330 valence electrons. The predicted octanol–water partition coefficient (Wildman–Crippen LogP) is 4.84. The molecular formula is C46H53N9O8. The normalized spacial score (nSPS) is 15.0. The number of carbonyl (C=O) groups excluding carboxylic acids is 5. The molecule has 2 unspecified atom stereocenters. The molecule has 1 saturated heterocycles. The fraction of sp³-hybridized carbons (Fsp3) is 0.348. The lowest BCUT2D eigenvalue weighted by atomic mass is 10.0. The van der Waals surface area contributed by atoms with E-state index in [1.165, 1.54) is 19.4 Å². The number of imide groups is 1. The number of nitrogens with zero attached hydrogens (tertiary/aromatic N) is 4. The summed E-state index contributed by atoms with van der Waals surface area (Å²) in [5.74, 6) is 0.127. The number of nitrogens with one attached hydrogen (secondary N) is 4. The summed E-state index contributed by atoms with van der Waals surface area (Å²) >= 11 is 0. The van der Waals surface area contributed by atoms with E-state index in [9.17, 15) is 24.0 Å². The Balaban J connectivity index is 0.888. The number of hydrogen-bond donors (Lipinski definition) is 5. The van der Waals surface area contributed by atoms with Gasteiger partial charge in [0.25, 0.3) is 11.8 Å². The molecule has 2 aliphatic heterocycles. The number of anilines is 3. The molecule has 0 aliphatic carbocycles. The van der Waals surface area contributed by atoms with Crippen molar-refractivity contribution in [3.8, 4) is 11.5 Å². The summed E-state index contributed by atoms with van der Waals surface area (Å²) in [5, 5.41) is 18.0. The first-order valence-corrected chi connectivity index (χ1v) is 20.9. The number of aldehydes is 1. The third-order valence-electron chi connectivity index (χ3n) is 10.7. The van der Waals surface area contributed by atoms with Crippen LogP contribution < -0.4 is 26.4 Å². The number of aromatic nitrogens is 2. The van der Waals surface area contributed by atoms with Gasteiger partial charge in [0.2, 0.25) is 11.8 Å². The van der Waals surface area contributed by atoms with Gasteiger partial charge in [0.1, 0.15) is 41.8 Å². The summed E-state index contributed by atoms with van der Waals surface area (Å²) in [5.41, 5.74) is 8.76. The van der Waals surface area contributed by atoms with Crippen LogP contribution in [0.5, 0.6) is 11.5 Å². The molecule has 4 aromatic rings. The minimum Gasteiger partial charge on any atom is -0.457 e. The molecule has 2 aliphatic rings. The van der Waals surface area contributed by atoms with Crippen LogP contribution in [0, 0.1) is 5.41 Å². The van der Waals surface area contributed by atoms with Crippen molar-refractivity contribution < 1.29 is 38.2 Å². The SMILES string of the molecule is C=C(CCCOCCOCCNc1cccc2c1C(=O)N(C(CCC=O)C(=O)NC)C2=O)C(=O)N1CCCC(Nc2ncnc(N)c2C(=N)c2ccc(Oc3ccccc3)cc2)C1. The van der Waals surface area contributed by atoms with Crippen LogP contribution in [0.2, 0.25) is 0 Å². The van der Waals surface area contributed by atoms with E-state index in [4.69, 9.17) is 25.4 Å². The van der Waals surface area contributed by atoms with Crippen molar-refractivity contribution in [2.45, 2.75) is 50.6 Å². The smallest absolute Gasteiger partial charge is 0.264 e. The molecule has 4 amide bonds. The van der Waals surface area contributed by atoms with E-state index in [0.717, 1.165) is 17.7 Å². The lowest BCUT2D eigenvalue weighted by Crippen LogP contribution is -2.48. The summed E-state index contributed by atoms with van der Waals surface area (Å²) in [6.45, 7) is 6.81. The number of fused-ring (bicyclic) bond motifs is 1.